The van der Waals surface area contributed by atoms with E-state index in [-0.39, 0.29) is 16.9 Å². The minimum Gasteiger partial charge on any atom is -0.376 e. The van der Waals surface area contributed by atoms with E-state index in [1.165, 1.54) is 27.8 Å². The van der Waals surface area contributed by atoms with Crippen molar-refractivity contribution in [2.24, 2.45) is 0 Å². The van der Waals surface area contributed by atoms with Crippen molar-refractivity contribution in [3.8, 4) is 0 Å². The third-order valence-electron chi connectivity index (χ3n) is 6.21. The molecule has 0 spiro atoms. The van der Waals surface area contributed by atoms with Crippen molar-refractivity contribution < 1.29 is 17.9 Å². The lowest BCUT2D eigenvalue weighted by Gasteiger charge is -2.23. The highest BCUT2D eigenvalue weighted by Crippen LogP contribution is 2.34. The number of hydrogen-bond donors (Lipinski definition) is 0. The van der Waals surface area contributed by atoms with Gasteiger partial charge >= 0.3 is 0 Å². The van der Waals surface area contributed by atoms with E-state index in [2.05, 4.69) is 0 Å². The van der Waals surface area contributed by atoms with Crippen molar-refractivity contribution in [1.82, 2.24) is 9.29 Å². The Morgan fingerprint density at radius 2 is 1.86 bits per heavy atom. The second kappa shape index (κ2) is 11.6. The molecule has 2 heterocycles. The van der Waals surface area contributed by atoms with Gasteiger partial charge in [-0.25, -0.2) is 13.4 Å². The van der Waals surface area contributed by atoms with Gasteiger partial charge in [0.25, 0.3) is 5.91 Å². The first-order valence-corrected chi connectivity index (χ1v) is 15.0. The molecule has 194 valence electrons. The number of rotatable bonds is 10. The van der Waals surface area contributed by atoms with Crippen LogP contribution in [-0.2, 0) is 14.8 Å². The number of ether oxygens (including phenoxy) is 1. The second-order valence-electron chi connectivity index (χ2n) is 9.05. The average Bonchev–Trinajstić information content (AvgIpc) is 3.52. The van der Waals surface area contributed by atoms with Gasteiger partial charge in [-0.15, -0.1) is 0 Å². The molecule has 0 N–H and O–H groups in total. The van der Waals surface area contributed by atoms with Crippen molar-refractivity contribution in [1.29, 1.82) is 0 Å². The smallest absolute Gasteiger partial charge is 0.260 e. The minimum absolute atomic E-state index is 0.0676. The lowest BCUT2D eigenvalue weighted by Crippen LogP contribution is -2.37. The average molecular weight is 550 g/mol. The quantitative estimate of drug-likeness (QED) is 0.315. The van der Waals surface area contributed by atoms with E-state index >= 15 is 0 Å². The van der Waals surface area contributed by atoms with Gasteiger partial charge in [0.1, 0.15) is 0 Å². The molecule has 2 aromatic carbocycles. The molecule has 10 heteroatoms. The molecule has 4 rings (SSSR count). The summed E-state index contributed by atoms with van der Waals surface area (Å²) in [6, 6.07) is 9.93. The molecular formula is C26H32ClN3O4S2. The molecule has 1 unspecified atom stereocenters. The number of benzene rings is 2. The molecule has 0 aliphatic carbocycles. The third-order valence-corrected chi connectivity index (χ3v) is 9.37. The highest BCUT2D eigenvalue weighted by Gasteiger charge is 2.28. The molecule has 1 saturated heterocycles. The topological polar surface area (TPSA) is 79.8 Å². The maximum atomic E-state index is 13.7. The molecule has 0 saturated carbocycles. The Kier molecular flexibility index (Phi) is 8.67. The van der Waals surface area contributed by atoms with Crippen LogP contribution in [0.1, 0.15) is 55.5 Å². The van der Waals surface area contributed by atoms with Gasteiger partial charge in [0.05, 0.1) is 27.8 Å². The van der Waals surface area contributed by atoms with Crippen molar-refractivity contribution >= 4 is 54.2 Å². The Bertz CT molecular complexity index is 1310. The molecule has 1 aliphatic heterocycles. The summed E-state index contributed by atoms with van der Waals surface area (Å²) in [6.45, 7) is 7.86. The predicted octanol–water partition coefficient (Wildman–Crippen LogP) is 5.89. The highest BCUT2D eigenvalue weighted by molar-refractivity contribution is 7.89. The highest BCUT2D eigenvalue weighted by atomic mass is 35.5. The van der Waals surface area contributed by atoms with E-state index in [1.807, 2.05) is 32.9 Å². The van der Waals surface area contributed by atoms with Gasteiger partial charge in [-0.3, -0.25) is 9.69 Å². The zero-order chi connectivity index (χ0) is 25.9. The van der Waals surface area contributed by atoms with Gasteiger partial charge in [0, 0.05) is 30.3 Å². The first-order valence-electron chi connectivity index (χ1n) is 12.3. The molecule has 1 amide bonds. The SMILES string of the molecule is CCCN(CCC)S(=O)(=O)c1ccc(C(=O)N(CC2CCCO2)c2nc3c(C)cc(Cl)cc3s2)cc1. The lowest BCUT2D eigenvalue weighted by atomic mass is 10.2. The second-order valence-corrected chi connectivity index (χ2v) is 12.4. The normalized spacial score (nSPS) is 16.2. The van der Waals surface area contributed by atoms with Crippen LogP contribution >= 0.6 is 22.9 Å². The number of sulfonamides is 1. The monoisotopic (exact) mass is 549 g/mol. The zero-order valence-electron chi connectivity index (χ0n) is 20.9. The number of thiazole rings is 1. The Balaban J connectivity index is 1.65. The van der Waals surface area contributed by atoms with Crippen LogP contribution in [0.5, 0.6) is 0 Å². The van der Waals surface area contributed by atoms with Gasteiger partial charge in [-0.05, 0) is 74.6 Å². The van der Waals surface area contributed by atoms with Crippen molar-refractivity contribution in [2.75, 3.05) is 31.1 Å². The van der Waals surface area contributed by atoms with Crippen LogP contribution in [0.25, 0.3) is 10.2 Å². The summed E-state index contributed by atoms with van der Waals surface area (Å²) in [7, 11) is -3.62. The maximum absolute atomic E-state index is 13.7. The Hall–Kier alpha value is -2.04. The van der Waals surface area contributed by atoms with Crippen LogP contribution in [-0.4, -0.2) is 56.0 Å². The van der Waals surface area contributed by atoms with E-state index < -0.39 is 10.0 Å². The zero-order valence-corrected chi connectivity index (χ0v) is 23.3. The summed E-state index contributed by atoms with van der Waals surface area (Å²) in [4.78, 5) is 20.3. The summed E-state index contributed by atoms with van der Waals surface area (Å²) in [5, 5.41) is 1.20. The molecule has 1 fully saturated rings. The van der Waals surface area contributed by atoms with Gasteiger partial charge in [0.15, 0.2) is 5.13 Å². The minimum atomic E-state index is -3.62. The first-order chi connectivity index (χ1) is 17.2. The Morgan fingerprint density at radius 3 is 2.47 bits per heavy atom. The molecule has 3 aromatic rings. The van der Waals surface area contributed by atoms with Crippen LogP contribution in [0.3, 0.4) is 0 Å². The van der Waals surface area contributed by atoms with Crippen LogP contribution in [0, 0.1) is 6.92 Å². The largest absolute Gasteiger partial charge is 0.376 e. The maximum Gasteiger partial charge on any atom is 0.260 e. The van der Waals surface area contributed by atoms with E-state index in [0.29, 0.717) is 42.0 Å². The van der Waals surface area contributed by atoms with E-state index in [1.54, 1.807) is 17.0 Å². The number of carbonyl (C=O) groups excluding carboxylic acids is 1. The summed E-state index contributed by atoms with van der Waals surface area (Å²) < 4.78 is 34.5. The molecule has 1 atom stereocenters. The van der Waals surface area contributed by atoms with Crippen LogP contribution < -0.4 is 4.90 Å². The molecule has 0 radical (unpaired) electrons. The fourth-order valence-corrected chi connectivity index (χ4v) is 7.48. The number of carbonyl (C=O) groups is 1. The van der Waals surface area contributed by atoms with E-state index in [4.69, 9.17) is 21.3 Å². The molecule has 1 aliphatic rings. The molecule has 1 aromatic heterocycles. The van der Waals surface area contributed by atoms with E-state index in [9.17, 15) is 13.2 Å². The summed E-state index contributed by atoms with van der Waals surface area (Å²) in [6.07, 6.45) is 3.24. The van der Waals surface area contributed by atoms with E-state index in [0.717, 1.165) is 41.5 Å². The van der Waals surface area contributed by atoms with Crippen molar-refractivity contribution in [3.63, 3.8) is 0 Å². The summed E-state index contributed by atoms with van der Waals surface area (Å²) in [5.41, 5.74) is 2.17. The summed E-state index contributed by atoms with van der Waals surface area (Å²) in [5.74, 6) is -0.240. The molecular weight excluding hydrogens is 518 g/mol. The van der Waals surface area contributed by atoms with Gasteiger partial charge in [-0.2, -0.15) is 4.31 Å². The van der Waals surface area contributed by atoms with Gasteiger partial charge < -0.3 is 4.74 Å². The number of hydrogen-bond acceptors (Lipinski definition) is 6. The van der Waals surface area contributed by atoms with Crippen LogP contribution in [0.2, 0.25) is 5.02 Å². The Labute approximate surface area is 222 Å². The fourth-order valence-electron chi connectivity index (χ4n) is 4.42. The number of fused-ring (bicyclic) bond motifs is 1. The molecule has 0 bridgehead atoms. The standard InChI is InChI=1S/C26H32ClN3O4S2/c1-4-12-29(13-5-2)36(32,33)22-10-8-19(9-11-22)25(31)30(17-21-7-6-14-34-21)26-28-24-18(3)15-20(27)16-23(24)35-26/h8-11,15-16,21H,4-7,12-14,17H2,1-3H3. The predicted molar refractivity (Wildman–Crippen MR) is 146 cm³/mol. The Morgan fingerprint density at radius 1 is 1.17 bits per heavy atom. The first kappa shape index (κ1) is 27.0. The van der Waals surface area contributed by atoms with Crippen molar-refractivity contribution in [2.45, 2.75) is 57.5 Å². The summed E-state index contributed by atoms with van der Waals surface area (Å²) >= 11 is 7.66. The third kappa shape index (κ3) is 5.75. The molecule has 7 nitrogen and oxygen atoms in total. The number of halogens is 1. The number of anilines is 1. The van der Waals surface area contributed by atoms with Crippen LogP contribution in [0.4, 0.5) is 5.13 Å². The number of aromatic nitrogens is 1. The fraction of sp³-hybridized carbons (Fsp3) is 0.462. The number of aryl methyl sites for hydroxylation is 1. The lowest BCUT2D eigenvalue weighted by molar-refractivity contribution is 0.0917. The molecule has 36 heavy (non-hydrogen) atoms. The van der Waals surface area contributed by atoms with Gasteiger partial charge in [-0.1, -0.05) is 36.8 Å². The number of amides is 1. The van der Waals surface area contributed by atoms with Crippen molar-refractivity contribution in [3.05, 3.63) is 52.5 Å². The van der Waals surface area contributed by atoms with Crippen LogP contribution in [0.15, 0.2) is 41.3 Å². The van der Waals surface area contributed by atoms with Gasteiger partial charge in [0.2, 0.25) is 10.0 Å². The number of nitrogens with zero attached hydrogens (tertiary/aromatic N) is 3.